The van der Waals surface area contributed by atoms with E-state index in [1.807, 2.05) is 4.90 Å². The molecule has 0 aromatic carbocycles. The van der Waals surface area contributed by atoms with Crippen molar-refractivity contribution in [1.29, 1.82) is 0 Å². The Balaban J connectivity index is 0.00000162. The first-order valence-corrected chi connectivity index (χ1v) is 7.12. The van der Waals surface area contributed by atoms with Gasteiger partial charge in [-0.2, -0.15) is 0 Å². The van der Waals surface area contributed by atoms with E-state index >= 15 is 0 Å². The van der Waals surface area contributed by atoms with E-state index in [0.717, 1.165) is 23.2 Å². The lowest BCUT2D eigenvalue weighted by atomic mass is 10.2. The SMILES string of the molecule is COc1cc(C(=O)N2CCCC2CN)sc1Br.Cl. The van der Waals surface area contributed by atoms with Gasteiger partial charge in [0.2, 0.25) is 0 Å². The lowest BCUT2D eigenvalue weighted by molar-refractivity contribution is 0.0746. The second kappa shape index (κ2) is 6.75. The summed E-state index contributed by atoms with van der Waals surface area (Å²) in [6.07, 6.45) is 2.04. The van der Waals surface area contributed by atoms with Gasteiger partial charge in [0.15, 0.2) is 0 Å². The molecule has 2 N–H and O–H groups in total. The fraction of sp³-hybridized carbons (Fsp3) is 0.545. The Bertz CT molecular complexity index is 427. The average molecular weight is 356 g/mol. The Labute approximate surface area is 125 Å². The molecule has 2 rings (SSSR count). The van der Waals surface area contributed by atoms with Gasteiger partial charge >= 0.3 is 0 Å². The molecular weight excluding hydrogens is 340 g/mol. The standard InChI is InChI=1S/C11H15BrN2O2S.ClH/c1-16-8-5-9(17-10(8)12)11(15)14-4-2-3-7(14)6-13;/h5,7H,2-4,6,13H2,1H3;1H. The highest BCUT2D eigenvalue weighted by Crippen LogP contribution is 2.35. The number of hydrogen-bond acceptors (Lipinski definition) is 4. The van der Waals surface area contributed by atoms with Crippen LogP contribution >= 0.6 is 39.7 Å². The molecule has 1 aromatic rings. The summed E-state index contributed by atoms with van der Waals surface area (Å²) < 4.78 is 6.01. The third-order valence-corrected chi connectivity index (χ3v) is 4.77. The van der Waals surface area contributed by atoms with Crippen LogP contribution in [0.5, 0.6) is 5.75 Å². The zero-order valence-electron chi connectivity index (χ0n) is 10.0. The van der Waals surface area contributed by atoms with E-state index in [4.69, 9.17) is 10.5 Å². The van der Waals surface area contributed by atoms with Gasteiger partial charge in [-0.05, 0) is 28.8 Å². The summed E-state index contributed by atoms with van der Waals surface area (Å²) in [5.74, 6) is 0.772. The van der Waals surface area contributed by atoms with Crippen molar-refractivity contribution in [3.63, 3.8) is 0 Å². The Kier molecular flexibility index (Phi) is 5.91. The number of ether oxygens (including phenoxy) is 1. The summed E-state index contributed by atoms with van der Waals surface area (Å²) >= 11 is 4.79. The van der Waals surface area contributed by atoms with Gasteiger partial charge in [0, 0.05) is 25.2 Å². The van der Waals surface area contributed by atoms with Crippen molar-refractivity contribution >= 4 is 45.6 Å². The van der Waals surface area contributed by atoms with E-state index in [1.165, 1.54) is 11.3 Å². The topological polar surface area (TPSA) is 55.6 Å². The normalized spacial score (nSPS) is 18.6. The van der Waals surface area contributed by atoms with Crippen LogP contribution < -0.4 is 10.5 Å². The van der Waals surface area contributed by atoms with Crippen LogP contribution in [0.2, 0.25) is 0 Å². The average Bonchev–Trinajstić information content (AvgIpc) is 2.93. The summed E-state index contributed by atoms with van der Waals surface area (Å²) in [4.78, 5) is 14.9. The maximum Gasteiger partial charge on any atom is 0.264 e. The smallest absolute Gasteiger partial charge is 0.264 e. The summed E-state index contributed by atoms with van der Waals surface area (Å²) in [5, 5.41) is 0. The lowest BCUT2D eigenvalue weighted by Gasteiger charge is -2.22. The molecule has 0 bridgehead atoms. The van der Waals surface area contributed by atoms with Crippen molar-refractivity contribution in [2.24, 2.45) is 5.73 Å². The molecule has 0 radical (unpaired) electrons. The Hall–Kier alpha value is -0.300. The van der Waals surface area contributed by atoms with E-state index in [-0.39, 0.29) is 24.4 Å². The van der Waals surface area contributed by atoms with Crippen molar-refractivity contribution in [1.82, 2.24) is 4.90 Å². The first kappa shape index (κ1) is 15.8. The molecule has 1 amide bonds. The van der Waals surface area contributed by atoms with Gasteiger partial charge in [-0.1, -0.05) is 0 Å². The lowest BCUT2D eigenvalue weighted by Crippen LogP contribution is -2.39. The molecule has 1 saturated heterocycles. The van der Waals surface area contributed by atoms with Crippen LogP contribution in [0.15, 0.2) is 9.85 Å². The number of rotatable bonds is 3. The summed E-state index contributed by atoms with van der Waals surface area (Å²) in [6.45, 7) is 1.34. The molecule has 0 saturated carbocycles. The first-order chi connectivity index (χ1) is 8.17. The highest BCUT2D eigenvalue weighted by Gasteiger charge is 2.29. The zero-order chi connectivity index (χ0) is 12.4. The number of thiophene rings is 1. The van der Waals surface area contributed by atoms with Crippen LogP contribution in [0, 0.1) is 0 Å². The number of hydrogen-bond donors (Lipinski definition) is 1. The van der Waals surface area contributed by atoms with Gasteiger partial charge in [0.1, 0.15) is 9.54 Å². The third kappa shape index (κ3) is 2.99. The largest absolute Gasteiger partial charge is 0.495 e. The van der Waals surface area contributed by atoms with E-state index in [2.05, 4.69) is 15.9 Å². The van der Waals surface area contributed by atoms with Gasteiger partial charge in [0.25, 0.3) is 5.91 Å². The molecule has 0 spiro atoms. The number of amides is 1. The van der Waals surface area contributed by atoms with Crippen LogP contribution in [-0.2, 0) is 0 Å². The molecule has 18 heavy (non-hydrogen) atoms. The summed E-state index contributed by atoms with van der Waals surface area (Å²) in [6, 6.07) is 1.97. The second-order valence-corrected chi connectivity index (χ2v) is 6.35. The molecule has 1 aliphatic heterocycles. The predicted molar refractivity (Wildman–Crippen MR) is 78.9 cm³/mol. The number of likely N-dealkylation sites (tertiary alicyclic amines) is 1. The molecule has 1 unspecified atom stereocenters. The Morgan fingerprint density at radius 2 is 2.44 bits per heavy atom. The summed E-state index contributed by atoms with van der Waals surface area (Å²) in [7, 11) is 1.60. The maximum absolute atomic E-state index is 12.3. The number of carbonyl (C=O) groups excluding carboxylic acids is 1. The third-order valence-electron chi connectivity index (χ3n) is 3.00. The van der Waals surface area contributed by atoms with Gasteiger partial charge in [-0.3, -0.25) is 4.79 Å². The minimum atomic E-state index is 0. The molecule has 0 aliphatic carbocycles. The predicted octanol–water partition coefficient (Wildman–Crippen LogP) is 2.50. The monoisotopic (exact) mass is 354 g/mol. The van der Waals surface area contributed by atoms with E-state index in [9.17, 15) is 4.79 Å². The van der Waals surface area contributed by atoms with E-state index in [0.29, 0.717) is 17.2 Å². The van der Waals surface area contributed by atoms with E-state index < -0.39 is 0 Å². The van der Waals surface area contributed by atoms with Crippen molar-refractivity contribution in [2.75, 3.05) is 20.2 Å². The van der Waals surface area contributed by atoms with Gasteiger partial charge in [-0.25, -0.2) is 0 Å². The van der Waals surface area contributed by atoms with Crippen molar-refractivity contribution in [3.05, 3.63) is 14.7 Å². The zero-order valence-corrected chi connectivity index (χ0v) is 13.2. The Morgan fingerprint density at radius 3 is 3.00 bits per heavy atom. The first-order valence-electron chi connectivity index (χ1n) is 5.51. The van der Waals surface area contributed by atoms with Crippen molar-refractivity contribution in [2.45, 2.75) is 18.9 Å². The van der Waals surface area contributed by atoms with Crippen LogP contribution in [0.3, 0.4) is 0 Å². The number of carbonyl (C=O) groups is 1. The number of methoxy groups -OCH3 is 1. The molecule has 1 aliphatic rings. The van der Waals surface area contributed by atoms with Crippen LogP contribution in [0.1, 0.15) is 22.5 Å². The fourth-order valence-corrected chi connectivity index (χ4v) is 3.69. The van der Waals surface area contributed by atoms with Gasteiger partial charge in [-0.15, -0.1) is 23.7 Å². The highest BCUT2D eigenvalue weighted by atomic mass is 79.9. The molecular formula is C11H16BrClN2O2S. The minimum absolute atomic E-state index is 0. The van der Waals surface area contributed by atoms with E-state index in [1.54, 1.807) is 13.2 Å². The number of halogens is 2. The molecule has 102 valence electrons. The van der Waals surface area contributed by atoms with Gasteiger partial charge in [0.05, 0.1) is 12.0 Å². The van der Waals surface area contributed by atoms with Crippen molar-refractivity contribution in [3.8, 4) is 5.75 Å². The highest BCUT2D eigenvalue weighted by molar-refractivity contribution is 9.11. The fourth-order valence-electron chi connectivity index (χ4n) is 2.09. The molecule has 2 heterocycles. The van der Waals surface area contributed by atoms with Crippen LogP contribution in [-0.4, -0.2) is 37.0 Å². The second-order valence-electron chi connectivity index (χ2n) is 3.98. The molecule has 1 fully saturated rings. The molecule has 4 nitrogen and oxygen atoms in total. The molecule has 7 heteroatoms. The van der Waals surface area contributed by atoms with Crippen LogP contribution in [0.25, 0.3) is 0 Å². The van der Waals surface area contributed by atoms with Crippen molar-refractivity contribution < 1.29 is 9.53 Å². The molecule has 1 atom stereocenters. The number of nitrogens with zero attached hydrogens (tertiary/aromatic N) is 1. The Morgan fingerprint density at radius 1 is 1.72 bits per heavy atom. The number of nitrogens with two attached hydrogens (primary N) is 1. The molecule has 1 aromatic heterocycles. The van der Waals surface area contributed by atoms with Crippen LogP contribution in [0.4, 0.5) is 0 Å². The minimum Gasteiger partial charge on any atom is -0.495 e. The summed E-state index contributed by atoms with van der Waals surface area (Å²) in [5.41, 5.74) is 5.68. The maximum atomic E-state index is 12.3. The van der Waals surface area contributed by atoms with Gasteiger partial charge < -0.3 is 15.4 Å². The quantitative estimate of drug-likeness (QED) is 0.906.